The Morgan fingerprint density at radius 2 is 1.96 bits per heavy atom. The fraction of sp³-hybridized carbons (Fsp3) is 0.636. The summed E-state index contributed by atoms with van der Waals surface area (Å²) in [5.41, 5.74) is 5.32. The lowest BCUT2D eigenvalue weighted by molar-refractivity contribution is -0.0340. The molecule has 2 aliphatic heterocycles. The van der Waals surface area contributed by atoms with E-state index in [1.165, 1.54) is 42.5 Å². The van der Waals surface area contributed by atoms with Crippen LogP contribution in [0, 0.1) is 19.8 Å². The summed E-state index contributed by atoms with van der Waals surface area (Å²) in [5.74, 6) is 0.514. The van der Waals surface area contributed by atoms with Crippen LogP contribution in [0.3, 0.4) is 0 Å². The van der Waals surface area contributed by atoms with E-state index < -0.39 is 0 Å². The molecule has 5 heteroatoms. The Hall–Kier alpha value is -1.72. The molecule has 1 aromatic carbocycles. The Balaban J connectivity index is 1.62. The van der Waals surface area contributed by atoms with Crippen LogP contribution in [-0.4, -0.2) is 42.9 Å². The number of morpholine rings is 1. The molecular formula is C22H30N4O. The van der Waals surface area contributed by atoms with Crippen molar-refractivity contribution in [2.75, 3.05) is 31.3 Å². The highest BCUT2D eigenvalue weighted by Crippen LogP contribution is 2.54. The van der Waals surface area contributed by atoms with Crippen LogP contribution >= 0.6 is 0 Å². The Bertz CT molecular complexity index is 783. The maximum atomic E-state index is 5.70. The molecule has 4 aliphatic rings. The summed E-state index contributed by atoms with van der Waals surface area (Å²) in [5, 5.41) is 11.9. The second-order valence-corrected chi connectivity index (χ2v) is 8.48. The van der Waals surface area contributed by atoms with E-state index in [1.807, 2.05) is 0 Å². The summed E-state index contributed by atoms with van der Waals surface area (Å²) < 4.78 is 5.70. The van der Waals surface area contributed by atoms with Crippen LogP contribution in [0.5, 0.6) is 0 Å². The second kappa shape index (κ2) is 6.71. The highest BCUT2D eigenvalue weighted by Gasteiger charge is 2.62. The van der Waals surface area contributed by atoms with Crippen LogP contribution in [0.4, 0.5) is 5.69 Å². The quantitative estimate of drug-likeness (QED) is 0.744. The predicted octanol–water partition coefficient (Wildman–Crippen LogP) is 4.41. The van der Waals surface area contributed by atoms with Gasteiger partial charge in [-0.05, 0) is 69.2 Å². The zero-order valence-electron chi connectivity index (χ0n) is 16.5. The number of benzene rings is 1. The van der Waals surface area contributed by atoms with Crippen molar-refractivity contribution >= 4 is 5.69 Å². The lowest BCUT2D eigenvalue weighted by atomic mass is 9.84. The number of aryl methyl sites for hydroxylation is 2. The molecule has 1 saturated carbocycles. The van der Waals surface area contributed by atoms with Crippen LogP contribution in [0.1, 0.15) is 43.2 Å². The molecule has 0 amide bonds. The van der Waals surface area contributed by atoms with Crippen molar-refractivity contribution < 1.29 is 4.74 Å². The summed E-state index contributed by atoms with van der Waals surface area (Å²) in [4.78, 5) is 2.65. The van der Waals surface area contributed by atoms with E-state index in [0.29, 0.717) is 5.92 Å². The van der Waals surface area contributed by atoms with Gasteiger partial charge >= 0.3 is 0 Å². The van der Waals surface area contributed by atoms with Crippen LogP contribution in [0.25, 0.3) is 0 Å². The smallest absolute Gasteiger partial charge is 0.148 e. The predicted molar refractivity (Wildman–Crippen MR) is 107 cm³/mol. The van der Waals surface area contributed by atoms with E-state index in [1.54, 1.807) is 5.57 Å². The molecule has 2 aliphatic carbocycles. The molecule has 0 N–H and O–H groups in total. The summed E-state index contributed by atoms with van der Waals surface area (Å²) >= 11 is 0. The van der Waals surface area contributed by atoms with E-state index in [-0.39, 0.29) is 11.7 Å². The summed E-state index contributed by atoms with van der Waals surface area (Å²) in [6.07, 6.45) is 8.62. The van der Waals surface area contributed by atoms with E-state index in [0.717, 1.165) is 32.7 Å². The molecule has 5 nitrogen and oxygen atoms in total. The van der Waals surface area contributed by atoms with E-state index in [2.05, 4.69) is 48.0 Å². The normalized spacial score (nSPS) is 33.6. The number of ether oxygens (including phenoxy) is 1. The molecule has 0 radical (unpaired) electrons. The monoisotopic (exact) mass is 366 g/mol. The Morgan fingerprint density at radius 3 is 2.70 bits per heavy atom. The number of fused-ring (bicyclic) bond motifs is 1. The topological polar surface area (TPSA) is 40.4 Å². The lowest BCUT2D eigenvalue weighted by Gasteiger charge is -2.50. The van der Waals surface area contributed by atoms with Gasteiger partial charge < -0.3 is 4.74 Å². The minimum atomic E-state index is -0.151. The summed E-state index contributed by atoms with van der Waals surface area (Å²) in [7, 11) is 0. The molecule has 3 atom stereocenters. The third-order valence-corrected chi connectivity index (χ3v) is 7.13. The first-order valence-corrected chi connectivity index (χ1v) is 10.5. The first kappa shape index (κ1) is 17.4. The zero-order valence-corrected chi connectivity index (χ0v) is 16.5. The van der Waals surface area contributed by atoms with Crippen molar-refractivity contribution in [3.63, 3.8) is 0 Å². The van der Waals surface area contributed by atoms with Gasteiger partial charge in [-0.1, -0.05) is 22.9 Å². The van der Waals surface area contributed by atoms with Gasteiger partial charge in [-0.2, -0.15) is 5.11 Å². The van der Waals surface area contributed by atoms with Crippen LogP contribution in [0.2, 0.25) is 0 Å². The van der Waals surface area contributed by atoms with Gasteiger partial charge in [0.25, 0.3) is 0 Å². The van der Waals surface area contributed by atoms with Crippen molar-refractivity contribution in [2.24, 2.45) is 16.3 Å². The highest BCUT2D eigenvalue weighted by molar-refractivity contribution is 5.54. The van der Waals surface area contributed by atoms with Crippen LogP contribution < -0.4 is 5.01 Å². The molecule has 1 saturated heterocycles. The Labute approximate surface area is 162 Å². The van der Waals surface area contributed by atoms with Gasteiger partial charge in [0, 0.05) is 19.0 Å². The van der Waals surface area contributed by atoms with Crippen molar-refractivity contribution in [1.82, 2.24) is 4.90 Å². The van der Waals surface area contributed by atoms with Gasteiger partial charge in [-0.3, -0.25) is 4.90 Å². The molecular weight excluding hydrogens is 336 g/mol. The lowest BCUT2D eigenvalue weighted by Crippen LogP contribution is -2.66. The van der Waals surface area contributed by atoms with Gasteiger partial charge in [0.2, 0.25) is 0 Å². The summed E-state index contributed by atoms with van der Waals surface area (Å²) in [6.45, 7) is 7.91. The average molecular weight is 367 g/mol. The largest absolute Gasteiger partial charge is 0.379 e. The van der Waals surface area contributed by atoms with Crippen molar-refractivity contribution in [1.29, 1.82) is 0 Å². The van der Waals surface area contributed by atoms with Gasteiger partial charge in [0.15, 0.2) is 0 Å². The van der Waals surface area contributed by atoms with Gasteiger partial charge in [0.1, 0.15) is 11.7 Å². The molecule has 0 unspecified atom stereocenters. The van der Waals surface area contributed by atoms with Crippen molar-refractivity contribution in [2.45, 2.75) is 57.7 Å². The Morgan fingerprint density at radius 1 is 1.11 bits per heavy atom. The molecule has 0 bridgehead atoms. The van der Waals surface area contributed by atoms with Crippen molar-refractivity contribution in [3.8, 4) is 0 Å². The van der Waals surface area contributed by atoms with E-state index in [9.17, 15) is 0 Å². The van der Waals surface area contributed by atoms with E-state index >= 15 is 0 Å². The van der Waals surface area contributed by atoms with Crippen LogP contribution in [0.15, 0.2) is 40.2 Å². The molecule has 0 aromatic heterocycles. The Kier molecular flexibility index (Phi) is 4.32. The van der Waals surface area contributed by atoms with E-state index in [4.69, 9.17) is 15.1 Å². The highest BCUT2D eigenvalue weighted by atomic mass is 16.5. The van der Waals surface area contributed by atoms with Crippen LogP contribution in [-0.2, 0) is 4.74 Å². The standard InChI is InChI=1S/C22H30N4O/c1-16-7-8-19(15-17(16)2)26-22(25-11-13-27-14-12-25)20(18-5-3-4-6-18)9-10-21(22)23-24-26/h5,7-8,15,20-21H,3-4,6,9-14H2,1-2H3/t20-,21-,22+/m1/s1. The maximum Gasteiger partial charge on any atom is 0.148 e. The second-order valence-electron chi connectivity index (χ2n) is 8.48. The number of nitrogens with zero attached hydrogens (tertiary/aromatic N) is 4. The minimum absolute atomic E-state index is 0.151. The zero-order chi connectivity index (χ0) is 18.4. The summed E-state index contributed by atoms with van der Waals surface area (Å²) in [6, 6.07) is 6.99. The fourth-order valence-electron chi connectivity index (χ4n) is 5.67. The third kappa shape index (κ3) is 2.59. The third-order valence-electron chi connectivity index (χ3n) is 7.13. The van der Waals surface area contributed by atoms with Gasteiger partial charge in [-0.25, -0.2) is 5.01 Å². The molecule has 2 fully saturated rings. The molecule has 0 spiro atoms. The molecule has 5 rings (SSSR count). The number of anilines is 1. The molecule has 1 aromatic rings. The SMILES string of the molecule is Cc1ccc(N2N=N[C@@H]3CC[C@H](C4=CCCC4)[C@@]32N2CCOCC2)cc1C. The number of hydrogen-bond acceptors (Lipinski definition) is 5. The number of hydrogen-bond donors (Lipinski definition) is 0. The first-order chi connectivity index (χ1) is 13.2. The molecule has 144 valence electrons. The molecule has 27 heavy (non-hydrogen) atoms. The van der Waals surface area contributed by atoms with Gasteiger partial charge in [0.05, 0.1) is 18.9 Å². The fourth-order valence-corrected chi connectivity index (χ4v) is 5.67. The average Bonchev–Trinajstić information content (AvgIpc) is 3.40. The maximum absolute atomic E-state index is 5.70. The first-order valence-electron chi connectivity index (χ1n) is 10.5. The minimum Gasteiger partial charge on any atom is -0.379 e. The number of rotatable bonds is 3. The van der Waals surface area contributed by atoms with Gasteiger partial charge in [-0.15, -0.1) is 0 Å². The molecule has 2 heterocycles. The van der Waals surface area contributed by atoms with Crippen molar-refractivity contribution in [3.05, 3.63) is 41.0 Å². The number of allylic oxidation sites excluding steroid dienone is 1.